The van der Waals surface area contributed by atoms with Crippen LogP contribution < -0.4 is 10.2 Å². The zero-order valence-electron chi connectivity index (χ0n) is 12.3. The average molecular weight is 258 g/mol. The van der Waals surface area contributed by atoms with Crippen LogP contribution in [0.4, 0.5) is 5.69 Å². The fraction of sp³-hybridized carbons (Fsp3) is 0.647. The van der Waals surface area contributed by atoms with Gasteiger partial charge in [-0.1, -0.05) is 12.1 Å². The molecule has 1 aromatic rings. The molecule has 1 aliphatic carbocycles. The third-order valence-corrected chi connectivity index (χ3v) is 4.75. The Morgan fingerprint density at radius 1 is 1.11 bits per heavy atom. The lowest BCUT2D eigenvalue weighted by molar-refractivity contribution is 0.339. The summed E-state index contributed by atoms with van der Waals surface area (Å²) in [6, 6.07) is 9.13. The largest absolute Gasteiger partial charge is 0.372 e. The van der Waals surface area contributed by atoms with E-state index in [2.05, 4.69) is 48.3 Å². The van der Waals surface area contributed by atoms with Gasteiger partial charge in [0.15, 0.2) is 0 Å². The number of anilines is 1. The van der Waals surface area contributed by atoms with Crippen LogP contribution in [0.15, 0.2) is 24.3 Å². The molecule has 2 heteroatoms. The maximum Gasteiger partial charge on any atom is 0.0366 e. The highest BCUT2D eigenvalue weighted by molar-refractivity contribution is 5.48. The maximum absolute atomic E-state index is 3.71. The number of benzene rings is 1. The molecular formula is C17H26N2. The SMILES string of the molecule is CC(C)(NCc1ccc(N2CCCC2)cc1)C1CC1. The molecule has 1 aliphatic heterocycles. The lowest BCUT2D eigenvalue weighted by atomic mass is 9.98. The molecule has 1 N–H and O–H groups in total. The van der Waals surface area contributed by atoms with E-state index in [4.69, 9.17) is 0 Å². The second-order valence-electron chi connectivity index (χ2n) is 6.71. The number of hydrogen-bond acceptors (Lipinski definition) is 2. The molecule has 0 amide bonds. The molecule has 3 rings (SSSR count). The zero-order chi connectivity index (χ0) is 13.3. The molecule has 2 nitrogen and oxygen atoms in total. The van der Waals surface area contributed by atoms with Crippen molar-refractivity contribution < 1.29 is 0 Å². The third kappa shape index (κ3) is 3.11. The molecule has 0 atom stereocenters. The fourth-order valence-corrected chi connectivity index (χ4v) is 3.08. The van der Waals surface area contributed by atoms with Gasteiger partial charge in [-0.25, -0.2) is 0 Å². The summed E-state index contributed by atoms with van der Waals surface area (Å²) in [7, 11) is 0. The van der Waals surface area contributed by atoms with Gasteiger partial charge in [0.05, 0.1) is 0 Å². The minimum Gasteiger partial charge on any atom is -0.372 e. The van der Waals surface area contributed by atoms with Crippen LogP contribution in [0.2, 0.25) is 0 Å². The summed E-state index contributed by atoms with van der Waals surface area (Å²) in [5.41, 5.74) is 3.09. The first-order chi connectivity index (χ1) is 9.15. The molecule has 0 aromatic heterocycles. The van der Waals surface area contributed by atoms with Crippen LogP contribution in [0.5, 0.6) is 0 Å². The van der Waals surface area contributed by atoms with Crippen molar-refractivity contribution >= 4 is 5.69 Å². The van der Waals surface area contributed by atoms with Gasteiger partial charge in [0, 0.05) is 30.9 Å². The Morgan fingerprint density at radius 2 is 1.74 bits per heavy atom. The van der Waals surface area contributed by atoms with Crippen molar-refractivity contribution in [3.63, 3.8) is 0 Å². The Morgan fingerprint density at radius 3 is 2.32 bits per heavy atom. The van der Waals surface area contributed by atoms with Crippen molar-refractivity contribution in [1.29, 1.82) is 0 Å². The Bertz CT molecular complexity index is 411. The molecule has 2 aliphatic rings. The Hall–Kier alpha value is -1.02. The first-order valence-electron chi connectivity index (χ1n) is 7.74. The van der Waals surface area contributed by atoms with Crippen LogP contribution in [0.1, 0.15) is 45.1 Å². The van der Waals surface area contributed by atoms with E-state index < -0.39 is 0 Å². The summed E-state index contributed by atoms with van der Waals surface area (Å²) < 4.78 is 0. The summed E-state index contributed by atoms with van der Waals surface area (Å²) in [6.07, 6.45) is 5.49. The van der Waals surface area contributed by atoms with Crippen molar-refractivity contribution in [3.8, 4) is 0 Å². The van der Waals surface area contributed by atoms with Gasteiger partial charge in [0.2, 0.25) is 0 Å². The summed E-state index contributed by atoms with van der Waals surface area (Å²) >= 11 is 0. The van der Waals surface area contributed by atoms with E-state index in [-0.39, 0.29) is 0 Å². The molecule has 1 saturated heterocycles. The second-order valence-corrected chi connectivity index (χ2v) is 6.71. The molecule has 1 saturated carbocycles. The Balaban J connectivity index is 1.56. The molecular weight excluding hydrogens is 232 g/mol. The lowest BCUT2D eigenvalue weighted by Gasteiger charge is -2.26. The molecule has 104 valence electrons. The van der Waals surface area contributed by atoms with Crippen LogP contribution in [-0.4, -0.2) is 18.6 Å². The van der Waals surface area contributed by atoms with E-state index in [0.717, 1.165) is 12.5 Å². The van der Waals surface area contributed by atoms with Crippen molar-refractivity contribution in [2.24, 2.45) is 5.92 Å². The number of nitrogens with zero attached hydrogens (tertiary/aromatic N) is 1. The molecule has 19 heavy (non-hydrogen) atoms. The quantitative estimate of drug-likeness (QED) is 0.868. The van der Waals surface area contributed by atoms with E-state index in [1.165, 1.54) is 50.0 Å². The second kappa shape index (κ2) is 5.16. The molecule has 0 radical (unpaired) electrons. The fourth-order valence-electron chi connectivity index (χ4n) is 3.08. The van der Waals surface area contributed by atoms with Crippen molar-refractivity contribution in [2.45, 2.75) is 51.6 Å². The normalized spacial score (nSPS) is 20.0. The molecule has 2 fully saturated rings. The smallest absolute Gasteiger partial charge is 0.0366 e. The van der Waals surface area contributed by atoms with Gasteiger partial charge in [-0.05, 0) is 63.1 Å². The number of hydrogen-bond donors (Lipinski definition) is 1. The van der Waals surface area contributed by atoms with Crippen molar-refractivity contribution in [3.05, 3.63) is 29.8 Å². The predicted octanol–water partition coefficient (Wildman–Crippen LogP) is 3.57. The van der Waals surface area contributed by atoms with Gasteiger partial charge in [0.1, 0.15) is 0 Å². The minimum atomic E-state index is 0.299. The monoisotopic (exact) mass is 258 g/mol. The molecule has 1 heterocycles. The minimum absolute atomic E-state index is 0.299. The topological polar surface area (TPSA) is 15.3 Å². The van der Waals surface area contributed by atoms with E-state index in [0.29, 0.717) is 5.54 Å². The Labute approximate surface area is 117 Å². The summed E-state index contributed by atoms with van der Waals surface area (Å²) in [5.74, 6) is 0.886. The summed E-state index contributed by atoms with van der Waals surface area (Å²) in [6.45, 7) is 8.12. The van der Waals surface area contributed by atoms with Gasteiger partial charge >= 0.3 is 0 Å². The number of nitrogens with one attached hydrogen (secondary N) is 1. The molecule has 0 bridgehead atoms. The van der Waals surface area contributed by atoms with Gasteiger partial charge in [-0.3, -0.25) is 0 Å². The van der Waals surface area contributed by atoms with Crippen LogP contribution in [0, 0.1) is 5.92 Å². The van der Waals surface area contributed by atoms with Crippen molar-refractivity contribution in [2.75, 3.05) is 18.0 Å². The molecule has 0 spiro atoms. The highest BCUT2D eigenvalue weighted by Gasteiger charge is 2.37. The predicted molar refractivity (Wildman–Crippen MR) is 81.5 cm³/mol. The van der Waals surface area contributed by atoms with E-state index in [9.17, 15) is 0 Å². The summed E-state index contributed by atoms with van der Waals surface area (Å²) in [4.78, 5) is 2.49. The molecule has 1 aromatic carbocycles. The third-order valence-electron chi connectivity index (χ3n) is 4.75. The van der Waals surface area contributed by atoms with Crippen molar-refractivity contribution in [1.82, 2.24) is 5.32 Å². The van der Waals surface area contributed by atoms with Gasteiger partial charge in [-0.15, -0.1) is 0 Å². The first-order valence-corrected chi connectivity index (χ1v) is 7.74. The standard InChI is InChI=1S/C17H26N2/c1-17(2,15-7-8-15)18-13-14-5-9-16(10-6-14)19-11-3-4-12-19/h5-6,9-10,15,18H,3-4,7-8,11-13H2,1-2H3. The average Bonchev–Trinajstić information content (AvgIpc) is 3.15. The zero-order valence-corrected chi connectivity index (χ0v) is 12.3. The van der Waals surface area contributed by atoms with Gasteiger partial charge in [-0.2, -0.15) is 0 Å². The Kier molecular flexibility index (Phi) is 3.53. The number of rotatable bonds is 5. The lowest BCUT2D eigenvalue weighted by Crippen LogP contribution is -2.40. The van der Waals surface area contributed by atoms with Gasteiger partial charge in [0.25, 0.3) is 0 Å². The maximum atomic E-state index is 3.71. The van der Waals surface area contributed by atoms with Crippen LogP contribution in [0.3, 0.4) is 0 Å². The van der Waals surface area contributed by atoms with Gasteiger partial charge < -0.3 is 10.2 Å². The van der Waals surface area contributed by atoms with Crippen LogP contribution >= 0.6 is 0 Å². The highest BCUT2D eigenvalue weighted by atomic mass is 15.1. The van der Waals surface area contributed by atoms with E-state index >= 15 is 0 Å². The van der Waals surface area contributed by atoms with Crippen LogP contribution in [0.25, 0.3) is 0 Å². The highest BCUT2D eigenvalue weighted by Crippen LogP contribution is 2.39. The summed E-state index contributed by atoms with van der Waals surface area (Å²) in [5, 5.41) is 3.71. The first kappa shape index (κ1) is 13.0. The van der Waals surface area contributed by atoms with E-state index in [1.807, 2.05) is 0 Å². The van der Waals surface area contributed by atoms with E-state index in [1.54, 1.807) is 0 Å². The van der Waals surface area contributed by atoms with Crippen LogP contribution in [-0.2, 0) is 6.54 Å². The molecule has 0 unspecified atom stereocenters.